The lowest BCUT2D eigenvalue weighted by atomic mass is 10.4. The van der Waals surface area contributed by atoms with Gasteiger partial charge in [-0.2, -0.15) is 0 Å². The van der Waals surface area contributed by atoms with Crippen molar-refractivity contribution in [2.45, 2.75) is 12.3 Å². The van der Waals surface area contributed by atoms with Crippen LogP contribution in [0.25, 0.3) is 0 Å². The zero-order chi connectivity index (χ0) is 6.20. The number of hydrogen-bond acceptors (Lipinski definition) is 5. The van der Waals surface area contributed by atoms with Gasteiger partial charge in [0.15, 0.2) is 0 Å². The fraction of sp³-hybridized carbons (Fsp3) is 1.00. The molecule has 0 aromatic rings. The Morgan fingerprint density at radius 1 is 1.50 bits per heavy atom. The minimum Gasteiger partial charge on any atom is -0.350 e. The van der Waals surface area contributed by atoms with Gasteiger partial charge in [0.05, 0.1) is 6.61 Å². The molecule has 48 valence electrons. The summed E-state index contributed by atoms with van der Waals surface area (Å²) in [4.78, 5) is 4.26. The highest BCUT2D eigenvalue weighted by Gasteiger charge is 2.37. The predicted octanol–water partition coefficient (Wildman–Crippen LogP) is -1.35. The molecule has 0 spiro atoms. The van der Waals surface area contributed by atoms with Crippen molar-refractivity contribution in [3.05, 3.63) is 0 Å². The largest absolute Gasteiger partial charge is 0.350 e. The maximum atomic E-state index is 8.57. The average molecular weight is 121 g/mol. The Labute approximate surface area is 45.6 Å². The first-order valence-corrected chi connectivity index (χ1v) is 2.20. The van der Waals surface area contributed by atoms with E-state index in [0.717, 1.165) is 0 Å². The fourth-order valence-corrected chi connectivity index (χ4v) is 0.468. The molecule has 1 heterocycles. The SMILES string of the molecule is ON1OCCC1(O)O. The van der Waals surface area contributed by atoms with Crippen LogP contribution in [0.5, 0.6) is 0 Å². The zero-order valence-electron chi connectivity index (χ0n) is 4.11. The number of hydroxylamine groups is 2. The van der Waals surface area contributed by atoms with E-state index in [9.17, 15) is 0 Å². The van der Waals surface area contributed by atoms with Crippen molar-refractivity contribution < 1.29 is 20.3 Å². The van der Waals surface area contributed by atoms with Crippen LogP contribution in [-0.4, -0.2) is 33.2 Å². The molecule has 8 heavy (non-hydrogen) atoms. The van der Waals surface area contributed by atoms with Crippen LogP contribution in [0, 0.1) is 0 Å². The van der Waals surface area contributed by atoms with Crippen LogP contribution in [0.4, 0.5) is 0 Å². The quantitative estimate of drug-likeness (QED) is 0.345. The molecule has 1 fully saturated rings. The number of rotatable bonds is 0. The lowest BCUT2D eigenvalue weighted by Gasteiger charge is -2.17. The fourth-order valence-electron chi connectivity index (χ4n) is 0.468. The molecule has 0 aliphatic carbocycles. The molecule has 1 saturated heterocycles. The van der Waals surface area contributed by atoms with Gasteiger partial charge < -0.3 is 10.2 Å². The van der Waals surface area contributed by atoms with E-state index in [-0.39, 0.29) is 18.3 Å². The van der Waals surface area contributed by atoms with E-state index < -0.39 is 5.91 Å². The molecule has 0 saturated carbocycles. The minimum absolute atomic E-state index is 0.00347. The van der Waals surface area contributed by atoms with Crippen molar-refractivity contribution in [1.29, 1.82) is 0 Å². The van der Waals surface area contributed by atoms with Crippen molar-refractivity contribution in [1.82, 2.24) is 5.23 Å². The third-order valence-electron chi connectivity index (χ3n) is 0.957. The summed E-state index contributed by atoms with van der Waals surface area (Å²) in [7, 11) is 0. The highest BCUT2D eigenvalue weighted by molar-refractivity contribution is 4.58. The summed E-state index contributed by atoms with van der Waals surface area (Å²) in [5.41, 5.74) is 0. The molecular weight excluding hydrogens is 114 g/mol. The second-order valence-corrected chi connectivity index (χ2v) is 1.63. The number of hydrogen-bond donors (Lipinski definition) is 3. The molecule has 0 bridgehead atoms. The Balaban J connectivity index is 2.54. The second-order valence-electron chi connectivity index (χ2n) is 1.63. The van der Waals surface area contributed by atoms with Crippen LogP contribution in [0.15, 0.2) is 0 Å². The average Bonchev–Trinajstić information content (AvgIpc) is 1.86. The maximum Gasteiger partial charge on any atom is 0.274 e. The monoisotopic (exact) mass is 121 g/mol. The Morgan fingerprint density at radius 2 is 2.12 bits per heavy atom. The highest BCUT2D eigenvalue weighted by atomic mass is 16.9. The molecule has 5 heteroatoms. The first-order chi connectivity index (χ1) is 3.63. The van der Waals surface area contributed by atoms with E-state index in [1.54, 1.807) is 0 Å². The molecule has 0 unspecified atom stereocenters. The summed E-state index contributed by atoms with van der Waals surface area (Å²) in [5.74, 6) is -2.18. The molecule has 0 aromatic carbocycles. The van der Waals surface area contributed by atoms with Crippen LogP contribution in [0.3, 0.4) is 0 Å². The van der Waals surface area contributed by atoms with E-state index in [1.807, 2.05) is 0 Å². The molecule has 0 atom stereocenters. The van der Waals surface area contributed by atoms with E-state index in [0.29, 0.717) is 0 Å². The van der Waals surface area contributed by atoms with E-state index in [1.165, 1.54) is 0 Å². The molecule has 0 radical (unpaired) electrons. The van der Waals surface area contributed by atoms with Gasteiger partial charge in [-0.3, -0.25) is 10.0 Å². The van der Waals surface area contributed by atoms with Gasteiger partial charge in [0, 0.05) is 6.42 Å². The topological polar surface area (TPSA) is 73.2 Å². The van der Waals surface area contributed by atoms with Gasteiger partial charge in [-0.15, -0.1) is 0 Å². The highest BCUT2D eigenvalue weighted by Crippen LogP contribution is 2.17. The van der Waals surface area contributed by atoms with Crippen molar-refractivity contribution >= 4 is 0 Å². The molecule has 0 amide bonds. The molecular formula is C3H7NO4. The van der Waals surface area contributed by atoms with E-state index >= 15 is 0 Å². The van der Waals surface area contributed by atoms with Gasteiger partial charge in [0.1, 0.15) is 0 Å². The lowest BCUT2D eigenvalue weighted by Crippen LogP contribution is -2.40. The van der Waals surface area contributed by atoms with E-state index in [2.05, 4.69) is 4.84 Å². The summed E-state index contributed by atoms with van der Waals surface area (Å²) in [6, 6.07) is 0. The van der Waals surface area contributed by atoms with Crippen molar-refractivity contribution in [2.75, 3.05) is 6.61 Å². The van der Waals surface area contributed by atoms with Crippen LogP contribution in [-0.2, 0) is 4.84 Å². The summed E-state index contributed by atoms with van der Waals surface area (Å²) < 4.78 is 0. The van der Waals surface area contributed by atoms with Gasteiger partial charge in [-0.1, -0.05) is 0 Å². The van der Waals surface area contributed by atoms with Crippen molar-refractivity contribution in [3.63, 3.8) is 0 Å². The van der Waals surface area contributed by atoms with Crippen LogP contribution in [0.2, 0.25) is 0 Å². The predicted molar refractivity (Wildman–Crippen MR) is 21.4 cm³/mol. The Kier molecular flexibility index (Phi) is 1.22. The number of nitrogens with zero attached hydrogens (tertiary/aromatic N) is 1. The normalized spacial score (nSPS) is 28.9. The minimum atomic E-state index is -2.18. The first kappa shape index (κ1) is 5.93. The molecule has 0 aromatic heterocycles. The third-order valence-corrected chi connectivity index (χ3v) is 0.957. The molecule has 5 nitrogen and oxygen atoms in total. The zero-order valence-corrected chi connectivity index (χ0v) is 4.11. The lowest BCUT2D eigenvalue weighted by molar-refractivity contribution is -0.450. The molecule has 1 aliphatic heterocycles. The third kappa shape index (κ3) is 0.816. The first-order valence-electron chi connectivity index (χ1n) is 2.20. The van der Waals surface area contributed by atoms with Crippen LogP contribution < -0.4 is 0 Å². The van der Waals surface area contributed by atoms with Crippen molar-refractivity contribution in [3.8, 4) is 0 Å². The standard InChI is InChI=1S/C3H7NO4/c5-3(6)1-2-8-4(3)7/h5-7H,1-2H2. The van der Waals surface area contributed by atoms with Crippen LogP contribution in [0.1, 0.15) is 6.42 Å². The second kappa shape index (κ2) is 1.64. The number of aliphatic hydroxyl groups is 2. The van der Waals surface area contributed by atoms with Crippen LogP contribution >= 0.6 is 0 Å². The smallest absolute Gasteiger partial charge is 0.274 e. The van der Waals surface area contributed by atoms with Gasteiger partial charge in [-0.25, -0.2) is 0 Å². The Hall–Kier alpha value is -0.200. The summed E-state index contributed by atoms with van der Waals surface area (Å²) in [6.07, 6.45) is 0.00347. The molecule has 1 aliphatic rings. The van der Waals surface area contributed by atoms with Gasteiger partial charge >= 0.3 is 0 Å². The summed E-state index contributed by atoms with van der Waals surface area (Å²) >= 11 is 0. The van der Waals surface area contributed by atoms with Crippen molar-refractivity contribution in [2.24, 2.45) is 0 Å². The molecule has 1 rings (SSSR count). The summed E-state index contributed by atoms with van der Waals surface area (Å²) in [6.45, 7) is 0.128. The Morgan fingerprint density at radius 3 is 2.25 bits per heavy atom. The van der Waals surface area contributed by atoms with Gasteiger partial charge in [-0.05, 0) is 5.23 Å². The molecule has 3 N–H and O–H groups in total. The summed E-state index contributed by atoms with van der Waals surface area (Å²) in [5, 5.41) is 25.5. The van der Waals surface area contributed by atoms with Gasteiger partial charge in [0.2, 0.25) is 0 Å². The Bertz CT molecular complexity index is 93.3. The van der Waals surface area contributed by atoms with Gasteiger partial charge in [0.25, 0.3) is 5.91 Å². The van der Waals surface area contributed by atoms with E-state index in [4.69, 9.17) is 15.4 Å². The maximum absolute atomic E-state index is 8.57.